The topological polar surface area (TPSA) is 53.9 Å². The summed E-state index contributed by atoms with van der Waals surface area (Å²) in [6.45, 7) is 6.06. The van der Waals surface area contributed by atoms with Gasteiger partial charge in [0.05, 0.1) is 13.3 Å². The predicted molar refractivity (Wildman–Crippen MR) is 103 cm³/mol. The fourth-order valence-electron chi connectivity index (χ4n) is 2.42. The summed E-state index contributed by atoms with van der Waals surface area (Å²) in [7, 11) is 1.62. The molecule has 0 bridgehead atoms. The Morgan fingerprint density at radius 2 is 1.88 bits per heavy atom. The van der Waals surface area contributed by atoms with E-state index in [9.17, 15) is 4.79 Å². The van der Waals surface area contributed by atoms with E-state index in [1.165, 1.54) is 0 Å². The molecular weight excluding hydrogens is 338 g/mol. The maximum Gasteiger partial charge on any atom is 0.271 e. The van der Waals surface area contributed by atoms with Gasteiger partial charge in [0.1, 0.15) is 5.75 Å². The van der Waals surface area contributed by atoms with Crippen LogP contribution in [-0.4, -0.2) is 32.3 Å². The van der Waals surface area contributed by atoms with Gasteiger partial charge in [0, 0.05) is 41.0 Å². The highest BCUT2D eigenvalue weighted by Gasteiger charge is 2.07. The number of amides is 1. The number of nitrogens with zero attached hydrogens (tertiary/aromatic N) is 2. The number of hydrazone groups is 1. The van der Waals surface area contributed by atoms with E-state index >= 15 is 0 Å². The summed E-state index contributed by atoms with van der Waals surface area (Å²) in [5.41, 5.74) is 4.86. The first kappa shape index (κ1) is 18.8. The number of hydrogen-bond donors (Lipinski definition) is 1. The second-order valence-corrected chi connectivity index (χ2v) is 5.74. The first-order valence-electron chi connectivity index (χ1n) is 8.11. The molecule has 0 atom stereocenters. The van der Waals surface area contributed by atoms with Crippen LogP contribution in [0, 0.1) is 0 Å². The van der Waals surface area contributed by atoms with Crippen LogP contribution >= 0.6 is 11.6 Å². The van der Waals surface area contributed by atoms with Crippen LogP contribution in [0.5, 0.6) is 5.75 Å². The molecule has 6 heteroatoms. The van der Waals surface area contributed by atoms with Crippen molar-refractivity contribution in [2.45, 2.75) is 13.8 Å². The van der Waals surface area contributed by atoms with Gasteiger partial charge in [-0.1, -0.05) is 11.6 Å². The number of methoxy groups -OCH3 is 1. The third-order valence-corrected chi connectivity index (χ3v) is 4.07. The van der Waals surface area contributed by atoms with Crippen LogP contribution in [0.1, 0.15) is 29.8 Å². The van der Waals surface area contributed by atoms with Gasteiger partial charge in [-0.2, -0.15) is 5.10 Å². The first-order chi connectivity index (χ1) is 12.1. The Bertz CT molecular complexity index is 741. The van der Waals surface area contributed by atoms with Crippen molar-refractivity contribution >= 4 is 29.4 Å². The number of rotatable bonds is 7. The van der Waals surface area contributed by atoms with Crippen molar-refractivity contribution in [2.75, 3.05) is 25.1 Å². The molecule has 2 aromatic rings. The Hall–Kier alpha value is -2.53. The monoisotopic (exact) mass is 359 g/mol. The van der Waals surface area contributed by atoms with Gasteiger partial charge in [-0.25, -0.2) is 5.43 Å². The van der Waals surface area contributed by atoms with E-state index in [2.05, 4.69) is 29.3 Å². The summed E-state index contributed by atoms with van der Waals surface area (Å²) in [6, 6.07) is 12.5. The van der Waals surface area contributed by atoms with E-state index in [1.807, 2.05) is 18.2 Å². The van der Waals surface area contributed by atoms with E-state index in [0.29, 0.717) is 16.3 Å². The Balaban J connectivity index is 2.09. The second kappa shape index (κ2) is 9.08. The lowest BCUT2D eigenvalue weighted by Crippen LogP contribution is -2.21. The van der Waals surface area contributed by atoms with Crippen molar-refractivity contribution in [3.8, 4) is 5.75 Å². The quantitative estimate of drug-likeness (QED) is 0.601. The lowest BCUT2D eigenvalue weighted by molar-refractivity contribution is 0.0955. The van der Waals surface area contributed by atoms with Crippen molar-refractivity contribution in [1.82, 2.24) is 5.43 Å². The number of hydrogen-bond acceptors (Lipinski definition) is 4. The minimum absolute atomic E-state index is 0.299. The molecule has 0 aliphatic heterocycles. The molecule has 0 aromatic heterocycles. The van der Waals surface area contributed by atoms with Gasteiger partial charge < -0.3 is 9.64 Å². The van der Waals surface area contributed by atoms with Crippen LogP contribution in [-0.2, 0) is 0 Å². The SMILES string of the molecule is CCN(CC)c1ccc(/C=N\NC(=O)c2ccc(Cl)cc2)c(OC)c1. The summed E-state index contributed by atoms with van der Waals surface area (Å²) in [5, 5.41) is 4.59. The highest BCUT2D eigenvalue weighted by molar-refractivity contribution is 6.30. The van der Waals surface area contributed by atoms with Crippen LogP contribution in [0.4, 0.5) is 5.69 Å². The third kappa shape index (κ3) is 4.97. The molecule has 0 fully saturated rings. The zero-order valence-corrected chi connectivity index (χ0v) is 15.4. The number of carbonyl (C=O) groups excluding carboxylic acids is 1. The molecule has 0 heterocycles. The number of carbonyl (C=O) groups is 1. The number of halogens is 1. The molecule has 1 amide bonds. The smallest absolute Gasteiger partial charge is 0.271 e. The Labute approximate surface area is 153 Å². The molecule has 1 N–H and O–H groups in total. The van der Waals surface area contributed by atoms with E-state index in [4.69, 9.17) is 16.3 Å². The molecule has 0 saturated carbocycles. The predicted octanol–water partition coefficient (Wildman–Crippen LogP) is 3.96. The molecule has 2 aromatic carbocycles. The second-order valence-electron chi connectivity index (χ2n) is 5.30. The highest BCUT2D eigenvalue weighted by atomic mass is 35.5. The normalized spacial score (nSPS) is 10.7. The molecule has 0 radical (unpaired) electrons. The number of nitrogens with one attached hydrogen (secondary N) is 1. The van der Waals surface area contributed by atoms with Crippen molar-refractivity contribution < 1.29 is 9.53 Å². The van der Waals surface area contributed by atoms with Gasteiger partial charge in [-0.05, 0) is 50.2 Å². The Morgan fingerprint density at radius 1 is 1.20 bits per heavy atom. The van der Waals surface area contributed by atoms with Crippen molar-refractivity contribution in [3.63, 3.8) is 0 Å². The van der Waals surface area contributed by atoms with Crippen LogP contribution in [0.3, 0.4) is 0 Å². The van der Waals surface area contributed by atoms with Gasteiger partial charge in [0.15, 0.2) is 0 Å². The van der Waals surface area contributed by atoms with Crippen molar-refractivity contribution in [2.24, 2.45) is 5.10 Å². The van der Waals surface area contributed by atoms with E-state index in [1.54, 1.807) is 37.6 Å². The average molecular weight is 360 g/mol. The summed E-state index contributed by atoms with van der Waals surface area (Å²) in [6.07, 6.45) is 1.57. The molecule has 0 saturated heterocycles. The first-order valence-corrected chi connectivity index (χ1v) is 8.48. The molecule has 0 aliphatic rings. The summed E-state index contributed by atoms with van der Waals surface area (Å²) >= 11 is 5.81. The maximum atomic E-state index is 12.0. The Morgan fingerprint density at radius 3 is 2.48 bits per heavy atom. The van der Waals surface area contributed by atoms with Gasteiger partial charge in [0.25, 0.3) is 5.91 Å². The molecular formula is C19H22ClN3O2. The van der Waals surface area contributed by atoms with E-state index < -0.39 is 0 Å². The number of ether oxygens (including phenoxy) is 1. The molecule has 0 aliphatic carbocycles. The van der Waals surface area contributed by atoms with E-state index in [-0.39, 0.29) is 5.91 Å². The fraction of sp³-hybridized carbons (Fsp3) is 0.263. The molecule has 0 spiro atoms. The molecule has 0 unspecified atom stereocenters. The minimum atomic E-state index is -0.299. The summed E-state index contributed by atoms with van der Waals surface area (Å²) < 4.78 is 5.44. The average Bonchev–Trinajstić information content (AvgIpc) is 2.64. The minimum Gasteiger partial charge on any atom is -0.496 e. The largest absolute Gasteiger partial charge is 0.496 e. The Kier molecular flexibility index (Phi) is 6.83. The standard InChI is InChI=1S/C19H22ClN3O2/c1-4-23(5-2)17-11-8-15(18(12-17)25-3)13-21-22-19(24)14-6-9-16(20)10-7-14/h6-13H,4-5H2,1-3H3,(H,22,24)/b21-13-. The number of anilines is 1. The lowest BCUT2D eigenvalue weighted by atomic mass is 10.2. The zero-order valence-electron chi connectivity index (χ0n) is 14.6. The summed E-state index contributed by atoms with van der Waals surface area (Å²) in [5.74, 6) is 0.403. The van der Waals surface area contributed by atoms with Gasteiger partial charge >= 0.3 is 0 Å². The van der Waals surface area contributed by atoms with Gasteiger partial charge in [-0.3, -0.25) is 4.79 Å². The molecule has 132 valence electrons. The summed E-state index contributed by atoms with van der Waals surface area (Å²) in [4.78, 5) is 14.2. The van der Waals surface area contributed by atoms with Crippen molar-refractivity contribution in [3.05, 3.63) is 58.6 Å². The van der Waals surface area contributed by atoms with Crippen LogP contribution in [0.25, 0.3) is 0 Å². The van der Waals surface area contributed by atoms with Crippen LogP contribution < -0.4 is 15.1 Å². The molecule has 5 nitrogen and oxygen atoms in total. The van der Waals surface area contributed by atoms with E-state index in [0.717, 1.165) is 24.3 Å². The maximum absolute atomic E-state index is 12.0. The van der Waals surface area contributed by atoms with Crippen molar-refractivity contribution in [1.29, 1.82) is 0 Å². The fourth-order valence-corrected chi connectivity index (χ4v) is 2.54. The molecule has 25 heavy (non-hydrogen) atoms. The third-order valence-electron chi connectivity index (χ3n) is 3.82. The highest BCUT2D eigenvalue weighted by Crippen LogP contribution is 2.24. The molecule has 2 rings (SSSR count). The van der Waals surface area contributed by atoms with Gasteiger partial charge in [0.2, 0.25) is 0 Å². The van der Waals surface area contributed by atoms with Gasteiger partial charge in [-0.15, -0.1) is 0 Å². The van der Waals surface area contributed by atoms with Crippen LogP contribution in [0.2, 0.25) is 5.02 Å². The lowest BCUT2D eigenvalue weighted by Gasteiger charge is -2.21. The number of benzene rings is 2. The van der Waals surface area contributed by atoms with Crippen LogP contribution in [0.15, 0.2) is 47.6 Å². The zero-order chi connectivity index (χ0) is 18.2.